The van der Waals surface area contributed by atoms with Crippen LogP contribution in [-0.2, 0) is 9.53 Å². The molecule has 2 rings (SSSR count). The lowest BCUT2D eigenvalue weighted by atomic mass is 9.88. The maximum atomic E-state index is 11.7. The van der Waals surface area contributed by atoms with Gasteiger partial charge in [0.15, 0.2) is 0 Å². The lowest BCUT2D eigenvalue weighted by Gasteiger charge is -2.19. The molecule has 2 aromatic rings. The van der Waals surface area contributed by atoms with Gasteiger partial charge >= 0.3 is 5.97 Å². The Morgan fingerprint density at radius 2 is 1.83 bits per heavy atom. The van der Waals surface area contributed by atoms with Gasteiger partial charge in [-0.2, -0.15) is 0 Å². The van der Waals surface area contributed by atoms with Gasteiger partial charge in [-0.15, -0.1) is 0 Å². The predicted octanol–water partition coefficient (Wildman–Crippen LogP) is 4.23. The Balaban J connectivity index is 2.43. The van der Waals surface area contributed by atoms with E-state index in [2.05, 4.69) is 45.0 Å². The van der Waals surface area contributed by atoms with Crippen molar-refractivity contribution in [2.45, 2.75) is 40.2 Å². The van der Waals surface area contributed by atoms with E-state index in [9.17, 15) is 4.79 Å². The van der Waals surface area contributed by atoms with Crippen molar-refractivity contribution >= 4 is 5.97 Å². The molecule has 3 nitrogen and oxygen atoms in total. The minimum atomic E-state index is -0.350. The van der Waals surface area contributed by atoms with Crippen molar-refractivity contribution in [2.24, 2.45) is 5.73 Å². The zero-order chi connectivity index (χ0) is 17.0. The molecule has 0 amide bonds. The van der Waals surface area contributed by atoms with E-state index in [0.29, 0.717) is 6.61 Å². The van der Waals surface area contributed by atoms with Gasteiger partial charge in [-0.1, -0.05) is 42.0 Å². The van der Waals surface area contributed by atoms with Gasteiger partial charge in [0, 0.05) is 6.04 Å². The summed E-state index contributed by atoms with van der Waals surface area (Å²) in [4.78, 5) is 11.7. The molecule has 0 heterocycles. The molecule has 0 aliphatic carbocycles. The van der Waals surface area contributed by atoms with Gasteiger partial charge in [-0.05, 0) is 55.5 Å². The Kier molecular flexibility index (Phi) is 5.56. The van der Waals surface area contributed by atoms with Crippen molar-refractivity contribution in [2.75, 3.05) is 6.61 Å². The molecule has 1 unspecified atom stereocenters. The average Bonchev–Trinajstić information content (AvgIpc) is 2.50. The van der Waals surface area contributed by atoms with Gasteiger partial charge in [0.1, 0.15) is 0 Å². The fourth-order valence-electron chi connectivity index (χ4n) is 2.94. The van der Waals surface area contributed by atoms with Crippen LogP contribution in [0.25, 0.3) is 11.1 Å². The molecule has 2 N–H and O–H groups in total. The standard InChI is InChI=1S/C20H25NO2/c1-5-23-20(22)12-19(21)18-11-13(2)10-17(15(18)4)16-9-7-6-8-14(16)3/h6-11,19H,5,12,21H2,1-4H3. The second-order valence-electron chi connectivity index (χ2n) is 5.96. The van der Waals surface area contributed by atoms with Crippen LogP contribution in [0, 0.1) is 20.8 Å². The number of hydrogen-bond acceptors (Lipinski definition) is 3. The molecule has 122 valence electrons. The highest BCUT2D eigenvalue weighted by Crippen LogP contribution is 2.32. The van der Waals surface area contributed by atoms with Crippen LogP contribution in [0.3, 0.4) is 0 Å². The Labute approximate surface area is 138 Å². The van der Waals surface area contributed by atoms with Gasteiger partial charge in [0.2, 0.25) is 0 Å². The van der Waals surface area contributed by atoms with Crippen molar-refractivity contribution in [1.29, 1.82) is 0 Å². The first kappa shape index (κ1) is 17.2. The van der Waals surface area contributed by atoms with Crippen LogP contribution < -0.4 is 5.73 Å². The molecule has 0 saturated carbocycles. The van der Waals surface area contributed by atoms with Crippen LogP contribution in [0.2, 0.25) is 0 Å². The van der Waals surface area contributed by atoms with Crippen LogP contribution in [0.1, 0.15) is 41.6 Å². The monoisotopic (exact) mass is 311 g/mol. The second kappa shape index (κ2) is 7.42. The highest BCUT2D eigenvalue weighted by atomic mass is 16.5. The fourth-order valence-corrected chi connectivity index (χ4v) is 2.94. The van der Waals surface area contributed by atoms with Gasteiger partial charge in [0.05, 0.1) is 13.0 Å². The number of hydrogen-bond donors (Lipinski definition) is 1. The third kappa shape index (κ3) is 3.99. The second-order valence-corrected chi connectivity index (χ2v) is 5.96. The normalized spacial score (nSPS) is 12.0. The average molecular weight is 311 g/mol. The molecular weight excluding hydrogens is 286 g/mol. The topological polar surface area (TPSA) is 52.3 Å². The number of ether oxygens (including phenoxy) is 1. The third-order valence-corrected chi connectivity index (χ3v) is 4.12. The number of carbonyl (C=O) groups is 1. The molecule has 0 saturated heterocycles. The van der Waals surface area contributed by atoms with Gasteiger partial charge in [0.25, 0.3) is 0 Å². The van der Waals surface area contributed by atoms with Crippen molar-refractivity contribution in [1.82, 2.24) is 0 Å². The quantitative estimate of drug-likeness (QED) is 0.841. The molecule has 0 aliphatic rings. The van der Waals surface area contributed by atoms with E-state index in [1.165, 1.54) is 16.7 Å². The van der Waals surface area contributed by atoms with E-state index in [-0.39, 0.29) is 18.4 Å². The Morgan fingerprint density at radius 3 is 2.48 bits per heavy atom. The molecule has 1 atom stereocenters. The largest absolute Gasteiger partial charge is 0.466 e. The van der Waals surface area contributed by atoms with Crippen LogP contribution in [0.5, 0.6) is 0 Å². The smallest absolute Gasteiger partial charge is 0.307 e. The van der Waals surface area contributed by atoms with Gasteiger partial charge in [-0.25, -0.2) is 0 Å². The molecule has 0 aromatic heterocycles. The number of carbonyl (C=O) groups excluding carboxylic acids is 1. The minimum absolute atomic E-state index is 0.200. The molecule has 23 heavy (non-hydrogen) atoms. The Bertz CT molecular complexity index is 707. The first-order chi connectivity index (χ1) is 10.9. The first-order valence-electron chi connectivity index (χ1n) is 8.02. The van der Waals surface area contributed by atoms with Crippen molar-refractivity contribution in [3.8, 4) is 11.1 Å². The van der Waals surface area contributed by atoms with Gasteiger partial charge in [-0.3, -0.25) is 4.79 Å². The van der Waals surface area contributed by atoms with E-state index < -0.39 is 0 Å². The summed E-state index contributed by atoms with van der Waals surface area (Å²) in [5.74, 6) is -0.252. The predicted molar refractivity (Wildman–Crippen MR) is 94.3 cm³/mol. The van der Waals surface area contributed by atoms with Crippen molar-refractivity contribution < 1.29 is 9.53 Å². The van der Waals surface area contributed by atoms with Crippen molar-refractivity contribution in [3.05, 3.63) is 58.7 Å². The highest BCUT2D eigenvalue weighted by Gasteiger charge is 2.18. The molecule has 2 aromatic carbocycles. The summed E-state index contributed by atoms with van der Waals surface area (Å²) < 4.78 is 5.02. The molecular formula is C20H25NO2. The molecule has 0 spiro atoms. The SMILES string of the molecule is CCOC(=O)CC(N)c1cc(C)cc(-c2ccccc2C)c1C. The van der Waals surface area contributed by atoms with Gasteiger partial charge < -0.3 is 10.5 Å². The molecule has 0 aliphatic heterocycles. The number of esters is 1. The minimum Gasteiger partial charge on any atom is -0.466 e. The number of benzene rings is 2. The summed E-state index contributed by atoms with van der Waals surface area (Å²) in [6.07, 6.45) is 0.200. The number of nitrogens with two attached hydrogens (primary N) is 1. The molecule has 3 heteroatoms. The lowest BCUT2D eigenvalue weighted by Crippen LogP contribution is -2.18. The summed E-state index contributed by atoms with van der Waals surface area (Å²) in [6.45, 7) is 8.42. The number of aryl methyl sites for hydroxylation is 2. The molecule has 0 bridgehead atoms. The Hall–Kier alpha value is -2.13. The highest BCUT2D eigenvalue weighted by molar-refractivity contribution is 5.74. The maximum Gasteiger partial charge on any atom is 0.307 e. The Morgan fingerprint density at radius 1 is 1.13 bits per heavy atom. The molecule has 0 fully saturated rings. The number of rotatable bonds is 5. The summed E-state index contributed by atoms with van der Waals surface area (Å²) in [7, 11) is 0. The van der Waals surface area contributed by atoms with E-state index in [1.54, 1.807) is 6.92 Å². The van der Waals surface area contributed by atoms with E-state index in [4.69, 9.17) is 10.5 Å². The summed E-state index contributed by atoms with van der Waals surface area (Å²) in [6, 6.07) is 12.2. The summed E-state index contributed by atoms with van der Waals surface area (Å²) >= 11 is 0. The summed E-state index contributed by atoms with van der Waals surface area (Å²) in [5, 5.41) is 0. The lowest BCUT2D eigenvalue weighted by molar-refractivity contribution is -0.143. The first-order valence-corrected chi connectivity index (χ1v) is 8.02. The van der Waals surface area contributed by atoms with Crippen LogP contribution in [0.15, 0.2) is 36.4 Å². The van der Waals surface area contributed by atoms with E-state index in [0.717, 1.165) is 16.7 Å². The van der Waals surface area contributed by atoms with Crippen LogP contribution in [0.4, 0.5) is 0 Å². The zero-order valence-corrected chi connectivity index (χ0v) is 14.3. The van der Waals surface area contributed by atoms with Crippen molar-refractivity contribution in [3.63, 3.8) is 0 Å². The zero-order valence-electron chi connectivity index (χ0n) is 14.3. The van der Waals surface area contributed by atoms with E-state index in [1.807, 2.05) is 12.1 Å². The maximum absolute atomic E-state index is 11.7. The fraction of sp³-hybridized carbons (Fsp3) is 0.350. The van der Waals surface area contributed by atoms with Crippen LogP contribution >= 0.6 is 0 Å². The van der Waals surface area contributed by atoms with E-state index >= 15 is 0 Å². The third-order valence-electron chi connectivity index (χ3n) is 4.12. The van der Waals surface area contributed by atoms with Crippen LogP contribution in [-0.4, -0.2) is 12.6 Å². The molecule has 0 radical (unpaired) electrons. The summed E-state index contributed by atoms with van der Waals surface area (Å²) in [5.41, 5.74) is 13.2.